The van der Waals surface area contributed by atoms with Gasteiger partial charge in [-0.2, -0.15) is 4.98 Å². The van der Waals surface area contributed by atoms with Crippen LogP contribution in [0.15, 0.2) is 0 Å². The monoisotopic (exact) mass is 237 g/mol. The Balaban J connectivity index is 2.46. The lowest BCUT2D eigenvalue weighted by molar-refractivity contribution is -0.385. The van der Waals surface area contributed by atoms with Gasteiger partial charge in [-0.15, -0.1) is 0 Å². The van der Waals surface area contributed by atoms with Crippen molar-refractivity contribution in [3.8, 4) is 0 Å². The van der Waals surface area contributed by atoms with E-state index in [0.29, 0.717) is 5.69 Å². The molecule has 0 aliphatic heterocycles. The summed E-state index contributed by atoms with van der Waals surface area (Å²) in [6.45, 7) is 0. The summed E-state index contributed by atoms with van der Waals surface area (Å²) in [5.74, 6) is -0.0477. The number of nitrogen functional groups attached to an aromatic ring is 2. The van der Waals surface area contributed by atoms with Gasteiger partial charge >= 0.3 is 5.69 Å². The molecule has 1 fully saturated rings. The van der Waals surface area contributed by atoms with Crippen molar-refractivity contribution in [3.05, 3.63) is 15.8 Å². The lowest BCUT2D eigenvalue weighted by Crippen LogP contribution is -2.14. The fourth-order valence-corrected chi connectivity index (χ4v) is 2.36. The molecule has 0 saturated heterocycles. The molecule has 92 valence electrons. The van der Waals surface area contributed by atoms with Crippen LogP contribution in [0.4, 0.5) is 17.5 Å². The highest BCUT2D eigenvalue weighted by molar-refractivity contribution is 5.58. The highest BCUT2D eigenvalue weighted by Gasteiger charge is 2.29. The van der Waals surface area contributed by atoms with E-state index in [2.05, 4.69) is 9.97 Å². The molecule has 0 unspecified atom stereocenters. The molecule has 1 aromatic heterocycles. The molecule has 1 aliphatic rings. The standard InChI is InChI=1S/C10H15N5O2/c11-9-8(15(16)17)7(13-10(12)14-9)6-4-2-1-3-5-6/h6H,1-5H2,(H4,11,12,13,14). The minimum absolute atomic E-state index is 0.00803. The molecule has 4 N–H and O–H groups in total. The van der Waals surface area contributed by atoms with Crippen LogP contribution in [-0.2, 0) is 0 Å². The normalized spacial score (nSPS) is 16.9. The van der Waals surface area contributed by atoms with Crippen molar-refractivity contribution in [2.75, 3.05) is 11.5 Å². The quantitative estimate of drug-likeness (QED) is 0.595. The van der Waals surface area contributed by atoms with Crippen LogP contribution in [0.2, 0.25) is 0 Å². The number of nitrogens with two attached hydrogens (primary N) is 2. The van der Waals surface area contributed by atoms with Crippen LogP contribution in [-0.4, -0.2) is 14.9 Å². The number of rotatable bonds is 2. The van der Waals surface area contributed by atoms with Gasteiger partial charge in [0.15, 0.2) is 0 Å². The highest BCUT2D eigenvalue weighted by Crippen LogP contribution is 2.38. The van der Waals surface area contributed by atoms with Crippen molar-refractivity contribution in [1.82, 2.24) is 9.97 Å². The first-order valence-corrected chi connectivity index (χ1v) is 5.67. The van der Waals surface area contributed by atoms with E-state index >= 15 is 0 Å². The van der Waals surface area contributed by atoms with E-state index in [0.717, 1.165) is 25.7 Å². The average Bonchev–Trinajstić information content (AvgIpc) is 2.28. The number of aromatic nitrogens is 2. The summed E-state index contributed by atoms with van der Waals surface area (Å²) in [7, 11) is 0. The van der Waals surface area contributed by atoms with Crippen molar-refractivity contribution < 1.29 is 4.92 Å². The Hall–Kier alpha value is -1.92. The van der Waals surface area contributed by atoms with Crippen molar-refractivity contribution in [2.24, 2.45) is 0 Å². The molecule has 0 spiro atoms. The Morgan fingerprint density at radius 1 is 1.18 bits per heavy atom. The number of nitrogens with zero attached hydrogens (tertiary/aromatic N) is 3. The zero-order valence-electron chi connectivity index (χ0n) is 9.43. The molecule has 0 atom stereocenters. The van der Waals surface area contributed by atoms with Crippen LogP contribution in [0.3, 0.4) is 0 Å². The van der Waals surface area contributed by atoms with E-state index in [-0.39, 0.29) is 23.4 Å². The third-order valence-electron chi connectivity index (χ3n) is 3.13. The summed E-state index contributed by atoms with van der Waals surface area (Å²) in [5, 5.41) is 11.0. The SMILES string of the molecule is Nc1nc(N)c([N+](=O)[O-])c(C2CCCCC2)n1. The van der Waals surface area contributed by atoms with Crippen LogP contribution in [0.25, 0.3) is 0 Å². The predicted molar refractivity (Wildman–Crippen MR) is 63.3 cm³/mol. The molecule has 2 rings (SSSR count). The third kappa shape index (κ3) is 2.27. The average molecular weight is 237 g/mol. The van der Waals surface area contributed by atoms with Gasteiger partial charge in [-0.1, -0.05) is 19.3 Å². The second kappa shape index (κ2) is 4.52. The maximum atomic E-state index is 11.0. The van der Waals surface area contributed by atoms with Gasteiger partial charge in [0.1, 0.15) is 5.69 Å². The van der Waals surface area contributed by atoms with Gasteiger partial charge in [-0.05, 0) is 12.8 Å². The summed E-state index contributed by atoms with van der Waals surface area (Å²) in [4.78, 5) is 18.2. The topological polar surface area (TPSA) is 121 Å². The van der Waals surface area contributed by atoms with Gasteiger partial charge in [0.25, 0.3) is 0 Å². The minimum Gasteiger partial charge on any atom is -0.378 e. The molecule has 17 heavy (non-hydrogen) atoms. The van der Waals surface area contributed by atoms with Crippen LogP contribution >= 0.6 is 0 Å². The molecule has 0 aromatic carbocycles. The first-order valence-electron chi connectivity index (χ1n) is 5.67. The van der Waals surface area contributed by atoms with Gasteiger partial charge in [-0.3, -0.25) is 10.1 Å². The zero-order valence-corrected chi connectivity index (χ0v) is 9.43. The number of anilines is 2. The number of hydrogen-bond acceptors (Lipinski definition) is 6. The predicted octanol–water partition coefficient (Wildman–Crippen LogP) is 1.60. The van der Waals surface area contributed by atoms with E-state index in [9.17, 15) is 10.1 Å². The van der Waals surface area contributed by atoms with E-state index in [1.807, 2.05) is 0 Å². The van der Waals surface area contributed by atoms with Crippen molar-refractivity contribution in [3.63, 3.8) is 0 Å². The van der Waals surface area contributed by atoms with Crippen LogP contribution in [0.1, 0.15) is 43.7 Å². The van der Waals surface area contributed by atoms with Gasteiger partial charge in [0.2, 0.25) is 11.8 Å². The first kappa shape index (κ1) is 11.6. The first-order chi connectivity index (χ1) is 8.09. The molecule has 7 nitrogen and oxygen atoms in total. The summed E-state index contributed by atoms with van der Waals surface area (Å²) in [5.41, 5.74) is 11.3. The fraction of sp³-hybridized carbons (Fsp3) is 0.600. The largest absolute Gasteiger partial charge is 0.378 e. The maximum Gasteiger partial charge on any atom is 0.332 e. The summed E-state index contributed by atoms with van der Waals surface area (Å²) in [6, 6.07) is 0. The Kier molecular flexibility index (Phi) is 3.08. The maximum absolute atomic E-state index is 11.0. The molecule has 0 radical (unpaired) electrons. The number of hydrogen-bond donors (Lipinski definition) is 2. The molecule has 1 aromatic rings. The molecular formula is C10H15N5O2. The molecule has 0 bridgehead atoms. The molecule has 1 aliphatic carbocycles. The van der Waals surface area contributed by atoms with E-state index < -0.39 is 4.92 Å². The van der Waals surface area contributed by atoms with Gasteiger partial charge in [0.05, 0.1) is 4.92 Å². The minimum atomic E-state index is -0.515. The summed E-state index contributed by atoms with van der Waals surface area (Å²) < 4.78 is 0. The second-order valence-electron chi connectivity index (χ2n) is 4.29. The second-order valence-corrected chi connectivity index (χ2v) is 4.29. The van der Waals surface area contributed by atoms with Gasteiger partial charge in [0, 0.05) is 5.92 Å². The van der Waals surface area contributed by atoms with Crippen molar-refractivity contribution in [1.29, 1.82) is 0 Å². The van der Waals surface area contributed by atoms with E-state index in [1.54, 1.807) is 0 Å². The molecule has 1 heterocycles. The summed E-state index contributed by atoms with van der Waals surface area (Å²) in [6.07, 6.45) is 5.09. The lowest BCUT2D eigenvalue weighted by Gasteiger charge is -2.21. The van der Waals surface area contributed by atoms with Crippen LogP contribution in [0.5, 0.6) is 0 Å². The van der Waals surface area contributed by atoms with Gasteiger partial charge in [-0.25, -0.2) is 4.98 Å². The number of nitro groups is 1. The Bertz CT molecular complexity index is 443. The smallest absolute Gasteiger partial charge is 0.332 e. The highest BCUT2D eigenvalue weighted by atomic mass is 16.6. The Morgan fingerprint density at radius 2 is 1.82 bits per heavy atom. The summed E-state index contributed by atoms with van der Waals surface area (Å²) >= 11 is 0. The molecule has 1 saturated carbocycles. The van der Waals surface area contributed by atoms with Gasteiger partial charge < -0.3 is 11.5 Å². The van der Waals surface area contributed by atoms with Crippen molar-refractivity contribution >= 4 is 17.5 Å². The lowest BCUT2D eigenvalue weighted by atomic mass is 9.86. The Morgan fingerprint density at radius 3 is 2.41 bits per heavy atom. The molecule has 0 amide bonds. The molecular weight excluding hydrogens is 222 g/mol. The van der Waals surface area contributed by atoms with E-state index in [4.69, 9.17) is 11.5 Å². The van der Waals surface area contributed by atoms with Crippen LogP contribution < -0.4 is 11.5 Å². The van der Waals surface area contributed by atoms with Crippen LogP contribution in [0, 0.1) is 10.1 Å². The zero-order chi connectivity index (χ0) is 12.4. The molecule has 7 heteroatoms. The third-order valence-corrected chi connectivity index (χ3v) is 3.13. The van der Waals surface area contributed by atoms with Crippen molar-refractivity contribution in [2.45, 2.75) is 38.0 Å². The Labute approximate surface area is 98.4 Å². The van der Waals surface area contributed by atoms with E-state index in [1.165, 1.54) is 6.42 Å². The fourth-order valence-electron chi connectivity index (χ4n) is 2.36.